The molecule has 0 spiro atoms. The van der Waals surface area contributed by atoms with Crippen molar-refractivity contribution in [1.82, 2.24) is 19.7 Å². The number of nitrogens with zero attached hydrogens (tertiary/aromatic N) is 3. The Labute approximate surface area is 142 Å². The lowest BCUT2D eigenvalue weighted by molar-refractivity contribution is -0.135. The van der Waals surface area contributed by atoms with Crippen LogP contribution in [-0.2, 0) is 17.6 Å². The van der Waals surface area contributed by atoms with Crippen molar-refractivity contribution in [2.45, 2.75) is 45.6 Å². The van der Waals surface area contributed by atoms with Gasteiger partial charge in [0.15, 0.2) is 11.3 Å². The predicted octanol–water partition coefficient (Wildman–Crippen LogP) is 0.476. The Bertz CT molecular complexity index is 925. The minimum absolute atomic E-state index is 0.303. The molecular formula is C16H20N4O5. The number of fused-ring (bicyclic) bond motifs is 3. The standard InChI is InChI=1S/C16H20N4O5/c1-8(2)19-16(25)12(15(24)17-7-11(21)22)14(23)13-9-5-3-4-6-10(9)18-20(13)19/h8,23H,3-7H2,1-2H3,(H,17,24)(H,21,22). The molecule has 2 aromatic heterocycles. The zero-order valence-electron chi connectivity index (χ0n) is 14.1. The van der Waals surface area contributed by atoms with Crippen molar-refractivity contribution in [1.29, 1.82) is 0 Å². The normalized spacial score (nSPS) is 13.9. The number of carbonyl (C=O) groups is 2. The molecule has 1 amide bonds. The molecular weight excluding hydrogens is 328 g/mol. The summed E-state index contributed by atoms with van der Waals surface area (Å²) in [5.41, 5.74) is 0.853. The molecule has 0 unspecified atom stereocenters. The highest BCUT2D eigenvalue weighted by Gasteiger charge is 2.28. The molecule has 3 rings (SSSR count). The van der Waals surface area contributed by atoms with Gasteiger partial charge < -0.3 is 15.5 Å². The second-order valence-corrected chi connectivity index (χ2v) is 6.41. The number of hydrogen-bond acceptors (Lipinski definition) is 5. The van der Waals surface area contributed by atoms with E-state index < -0.39 is 35.3 Å². The van der Waals surface area contributed by atoms with Crippen molar-refractivity contribution in [3.8, 4) is 5.75 Å². The number of aliphatic carboxylic acids is 1. The number of rotatable bonds is 4. The van der Waals surface area contributed by atoms with Gasteiger partial charge in [-0.1, -0.05) is 0 Å². The van der Waals surface area contributed by atoms with E-state index in [2.05, 4.69) is 10.4 Å². The summed E-state index contributed by atoms with van der Waals surface area (Å²) in [6, 6.07) is -0.303. The molecule has 0 bridgehead atoms. The van der Waals surface area contributed by atoms with E-state index in [1.807, 2.05) is 0 Å². The number of carbonyl (C=O) groups excluding carboxylic acids is 1. The maximum absolute atomic E-state index is 12.8. The fraction of sp³-hybridized carbons (Fsp3) is 0.500. The largest absolute Gasteiger partial charge is 0.505 e. The maximum atomic E-state index is 12.8. The maximum Gasteiger partial charge on any atom is 0.322 e. The molecule has 0 aromatic carbocycles. The van der Waals surface area contributed by atoms with Crippen LogP contribution in [0.3, 0.4) is 0 Å². The smallest absolute Gasteiger partial charge is 0.322 e. The number of aryl methyl sites for hydroxylation is 2. The van der Waals surface area contributed by atoms with Crippen LogP contribution in [0.2, 0.25) is 0 Å². The Morgan fingerprint density at radius 3 is 2.60 bits per heavy atom. The fourth-order valence-electron chi connectivity index (χ4n) is 3.26. The van der Waals surface area contributed by atoms with Crippen molar-refractivity contribution < 1.29 is 19.8 Å². The number of aromatic hydroxyl groups is 1. The zero-order valence-corrected chi connectivity index (χ0v) is 14.1. The fourth-order valence-corrected chi connectivity index (χ4v) is 3.26. The van der Waals surface area contributed by atoms with E-state index in [9.17, 15) is 19.5 Å². The first-order valence-electron chi connectivity index (χ1n) is 8.21. The van der Waals surface area contributed by atoms with E-state index in [-0.39, 0.29) is 6.04 Å². The van der Waals surface area contributed by atoms with Crippen LogP contribution in [0.4, 0.5) is 0 Å². The number of hydrogen-bond donors (Lipinski definition) is 3. The first kappa shape index (κ1) is 17.0. The van der Waals surface area contributed by atoms with Crippen LogP contribution >= 0.6 is 0 Å². The van der Waals surface area contributed by atoms with Gasteiger partial charge in [0.1, 0.15) is 12.1 Å². The van der Waals surface area contributed by atoms with E-state index in [1.54, 1.807) is 13.8 Å². The second kappa shape index (κ2) is 6.23. The van der Waals surface area contributed by atoms with Gasteiger partial charge in [-0.3, -0.25) is 14.4 Å². The summed E-state index contributed by atoms with van der Waals surface area (Å²) in [7, 11) is 0. The highest BCUT2D eigenvalue weighted by atomic mass is 16.4. The van der Waals surface area contributed by atoms with Crippen LogP contribution in [0, 0.1) is 0 Å². The lowest BCUT2D eigenvalue weighted by atomic mass is 9.96. The van der Waals surface area contributed by atoms with E-state index in [1.165, 1.54) is 9.31 Å². The third kappa shape index (κ3) is 2.75. The molecule has 2 aromatic rings. The van der Waals surface area contributed by atoms with Crippen LogP contribution in [0.15, 0.2) is 4.79 Å². The van der Waals surface area contributed by atoms with Gasteiger partial charge in [-0.15, -0.1) is 0 Å². The molecule has 0 fully saturated rings. The molecule has 9 heteroatoms. The van der Waals surface area contributed by atoms with Crippen molar-refractivity contribution in [2.24, 2.45) is 0 Å². The summed E-state index contributed by atoms with van der Waals surface area (Å²) >= 11 is 0. The molecule has 2 heterocycles. The van der Waals surface area contributed by atoms with E-state index in [0.29, 0.717) is 11.9 Å². The molecule has 0 saturated heterocycles. The third-order valence-electron chi connectivity index (χ3n) is 4.34. The first-order valence-corrected chi connectivity index (χ1v) is 8.21. The third-order valence-corrected chi connectivity index (χ3v) is 4.34. The summed E-state index contributed by atoms with van der Waals surface area (Å²) < 4.78 is 2.69. The molecule has 1 aliphatic rings. The number of aromatic nitrogens is 3. The number of amides is 1. The molecule has 0 atom stereocenters. The van der Waals surface area contributed by atoms with Gasteiger partial charge in [-0.25, -0.2) is 4.68 Å². The quantitative estimate of drug-likeness (QED) is 0.738. The van der Waals surface area contributed by atoms with Gasteiger partial charge in [-0.05, 0) is 39.5 Å². The minimum atomic E-state index is -1.24. The van der Waals surface area contributed by atoms with Crippen molar-refractivity contribution in [3.63, 3.8) is 0 Å². The highest BCUT2D eigenvalue weighted by molar-refractivity contribution is 6.00. The lowest BCUT2D eigenvalue weighted by Gasteiger charge is -2.16. The average Bonchev–Trinajstić information content (AvgIpc) is 2.91. The van der Waals surface area contributed by atoms with E-state index >= 15 is 0 Å². The van der Waals surface area contributed by atoms with Crippen LogP contribution in [0.5, 0.6) is 5.75 Å². The lowest BCUT2D eigenvalue weighted by Crippen LogP contribution is -2.38. The Hall–Kier alpha value is -2.84. The summed E-state index contributed by atoms with van der Waals surface area (Å²) in [5.74, 6) is -2.59. The van der Waals surface area contributed by atoms with Crippen LogP contribution in [-0.4, -0.2) is 43.0 Å². The van der Waals surface area contributed by atoms with Crippen LogP contribution in [0.25, 0.3) is 5.52 Å². The molecule has 9 nitrogen and oxygen atoms in total. The molecule has 0 radical (unpaired) electrons. The summed E-state index contributed by atoms with van der Waals surface area (Å²) in [5, 5.41) is 26.0. The van der Waals surface area contributed by atoms with E-state index in [4.69, 9.17) is 5.11 Å². The number of carboxylic acid groups (broad SMARTS) is 1. The Kier molecular flexibility index (Phi) is 4.23. The summed E-state index contributed by atoms with van der Waals surface area (Å²) in [4.78, 5) is 35.8. The van der Waals surface area contributed by atoms with Gasteiger partial charge >= 0.3 is 5.97 Å². The second-order valence-electron chi connectivity index (χ2n) is 6.41. The molecule has 0 saturated carbocycles. The van der Waals surface area contributed by atoms with Crippen LogP contribution in [0.1, 0.15) is 54.3 Å². The first-order chi connectivity index (χ1) is 11.8. The topological polar surface area (TPSA) is 126 Å². The van der Waals surface area contributed by atoms with Gasteiger partial charge in [-0.2, -0.15) is 9.73 Å². The molecule has 25 heavy (non-hydrogen) atoms. The van der Waals surface area contributed by atoms with Crippen molar-refractivity contribution in [3.05, 3.63) is 27.2 Å². The SMILES string of the molecule is CC(C)n1c(=O)c(C(=O)NCC(=O)O)c(O)c2c3c(nn21)CCCC3. The Morgan fingerprint density at radius 2 is 1.96 bits per heavy atom. The van der Waals surface area contributed by atoms with E-state index in [0.717, 1.165) is 30.5 Å². The summed E-state index contributed by atoms with van der Waals surface area (Å²) in [6.45, 7) is 2.91. The van der Waals surface area contributed by atoms with Crippen LogP contribution < -0.4 is 10.9 Å². The zero-order chi connectivity index (χ0) is 18.3. The monoisotopic (exact) mass is 348 g/mol. The number of carboxylic acids is 1. The minimum Gasteiger partial charge on any atom is -0.505 e. The molecule has 0 aliphatic heterocycles. The average molecular weight is 348 g/mol. The molecule has 3 N–H and O–H groups in total. The highest BCUT2D eigenvalue weighted by Crippen LogP contribution is 2.31. The van der Waals surface area contributed by atoms with Gasteiger partial charge in [0, 0.05) is 5.56 Å². The van der Waals surface area contributed by atoms with Crippen molar-refractivity contribution >= 4 is 17.4 Å². The Balaban J connectivity index is 2.29. The van der Waals surface area contributed by atoms with Gasteiger partial charge in [0.05, 0.1) is 11.7 Å². The Morgan fingerprint density at radius 1 is 1.28 bits per heavy atom. The number of nitrogens with one attached hydrogen (secondary N) is 1. The van der Waals surface area contributed by atoms with Crippen molar-refractivity contribution in [2.75, 3.05) is 6.54 Å². The molecule has 134 valence electrons. The molecule has 1 aliphatic carbocycles. The summed E-state index contributed by atoms with van der Waals surface area (Å²) in [6.07, 6.45) is 3.38. The predicted molar refractivity (Wildman–Crippen MR) is 88.1 cm³/mol. The van der Waals surface area contributed by atoms with Gasteiger partial charge in [0.25, 0.3) is 11.5 Å². The van der Waals surface area contributed by atoms with Gasteiger partial charge in [0.2, 0.25) is 0 Å².